The Labute approximate surface area is 173 Å². The normalized spacial score (nSPS) is 22.1. The van der Waals surface area contributed by atoms with Gasteiger partial charge in [-0.15, -0.1) is 0 Å². The van der Waals surface area contributed by atoms with E-state index in [0.29, 0.717) is 31.8 Å². The first-order valence-electron chi connectivity index (χ1n) is 10.2. The van der Waals surface area contributed by atoms with E-state index >= 15 is 0 Å². The van der Waals surface area contributed by atoms with Gasteiger partial charge in [-0.2, -0.15) is 5.26 Å². The first-order valence-corrected chi connectivity index (χ1v) is 10.2. The molecule has 0 saturated carbocycles. The van der Waals surface area contributed by atoms with Gasteiger partial charge in [0.05, 0.1) is 24.3 Å². The average Bonchev–Trinajstić information content (AvgIpc) is 2.68. The number of hydrogen-bond donors (Lipinski definition) is 0. The maximum atomic E-state index is 13.8. The van der Waals surface area contributed by atoms with Crippen molar-refractivity contribution in [3.05, 3.63) is 34.6 Å². The van der Waals surface area contributed by atoms with E-state index in [2.05, 4.69) is 4.90 Å². The molecule has 2 aliphatic rings. The van der Waals surface area contributed by atoms with E-state index in [4.69, 9.17) is 9.47 Å². The summed E-state index contributed by atoms with van der Waals surface area (Å²) in [5, 5.41) is 9.18. The van der Waals surface area contributed by atoms with Gasteiger partial charge in [-0.1, -0.05) is 19.9 Å². The first-order chi connectivity index (χ1) is 13.7. The molecular weight excluding hydrogens is 373 g/mol. The molecular formula is C22H32FN3O3. The lowest BCUT2D eigenvalue weighted by Gasteiger charge is -2.46. The zero-order valence-electron chi connectivity index (χ0n) is 18.3. The minimum Gasteiger partial charge on any atom is -0.444 e. The minimum absolute atomic E-state index is 0.0768. The monoisotopic (exact) mass is 405 g/mol. The molecule has 1 aromatic rings. The molecule has 0 radical (unpaired) electrons. The Bertz CT molecular complexity index is 770. The smallest absolute Gasteiger partial charge is 0.410 e. The standard InChI is InChI=1S/C20H26FN3O3.C2H6/c1-13-15(5-6-17(21)16(13)9-22)18-11-23-7-8-24(10-14(23)12-26-18)19(25)27-20(2,3)4;1-2/h5-6,14,18H,7-8,10-12H2,1-4H3;1-2H3. The molecule has 2 atom stereocenters. The van der Waals surface area contributed by atoms with Crippen LogP contribution in [0.1, 0.15) is 57.4 Å². The summed E-state index contributed by atoms with van der Waals surface area (Å²) in [7, 11) is 0. The van der Waals surface area contributed by atoms with Crippen molar-refractivity contribution in [2.45, 2.75) is 59.3 Å². The van der Waals surface area contributed by atoms with Gasteiger partial charge in [0.25, 0.3) is 0 Å². The van der Waals surface area contributed by atoms with Crippen molar-refractivity contribution in [3.63, 3.8) is 0 Å². The lowest BCUT2D eigenvalue weighted by atomic mass is 9.96. The van der Waals surface area contributed by atoms with Crippen LogP contribution in [0.5, 0.6) is 0 Å². The van der Waals surface area contributed by atoms with Gasteiger partial charge in [0.1, 0.15) is 17.5 Å². The van der Waals surface area contributed by atoms with Crippen LogP contribution < -0.4 is 0 Å². The second-order valence-electron chi connectivity index (χ2n) is 8.15. The maximum absolute atomic E-state index is 13.8. The van der Waals surface area contributed by atoms with Crippen molar-refractivity contribution in [1.82, 2.24) is 9.80 Å². The van der Waals surface area contributed by atoms with Gasteiger partial charge in [-0.25, -0.2) is 9.18 Å². The zero-order chi connectivity index (χ0) is 21.8. The number of halogens is 1. The van der Waals surface area contributed by atoms with Crippen molar-refractivity contribution in [2.75, 3.05) is 32.8 Å². The molecule has 2 fully saturated rings. The van der Waals surface area contributed by atoms with E-state index in [9.17, 15) is 14.4 Å². The van der Waals surface area contributed by atoms with Gasteiger partial charge in [0.15, 0.2) is 0 Å². The number of morpholine rings is 1. The van der Waals surface area contributed by atoms with Crippen LogP contribution in [0.4, 0.5) is 9.18 Å². The van der Waals surface area contributed by atoms with Crippen LogP contribution in [0.25, 0.3) is 0 Å². The largest absolute Gasteiger partial charge is 0.444 e. The van der Waals surface area contributed by atoms with Gasteiger partial charge in [-0.3, -0.25) is 4.90 Å². The number of rotatable bonds is 1. The second kappa shape index (κ2) is 9.55. The van der Waals surface area contributed by atoms with Crippen molar-refractivity contribution in [3.8, 4) is 6.07 Å². The summed E-state index contributed by atoms with van der Waals surface area (Å²) in [6, 6.07) is 5.08. The number of benzene rings is 1. The third-order valence-corrected chi connectivity index (χ3v) is 5.06. The van der Waals surface area contributed by atoms with Gasteiger partial charge < -0.3 is 14.4 Å². The molecule has 29 heavy (non-hydrogen) atoms. The SMILES string of the molecule is CC.Cc1c(C2CN3CCN(C(=O)OC(C)(C)C)CC3CO2)ccc(F)c1C#N. The highest BCUT2D eigenvalue weighted by Gasteiger charge is 2.37. The van der Waals surface area contributed by atoms with Crippen molar-refractivity contribution in [2.24, 2.45) is 0 Å². The molecule has 0 aromatic heterocycles. The predicted octanol–water partition coefficient (Wildman–Crippen LogP) is 4.02. The highest BCUT2D eigenvalue weighted by molar-refractivity contribution is 5.68. The second-order valence-corrected chi connectivity index (χ2v) is 8.15. The number of carbonyl (C=O) groups is 1. The summed E-state index contributed by atoms with van der Waals surface area (Å²) in [6.45, 7) is 14.4. The summed E-state index contributed by atoms with van der Waals surface area (Å²) >= 11 is 0. The van der Waals surface area contributed by atoms with Crippen LogP contribution in [-0.2, 0) is 9.47 Å². The molecule has 1 aromatic carbocycles. The highest BCUT2D eigenvalue weighted by Crippen LogP contribution is 2.31. The summed E-state index contributed by atoms with van der Waals surface area (Å²) in [4.78, 5) is 16.3. The Balaban J connectivity index is 0.00000145. The number of ether oxygens (including phenoxy) is 2. The number of piperazine rings is 1. The summed E-state index contributed by atoms with van der Waals surface area (Å²) in [6.07, 6.45) is -0.501. The molecule has 0 aliphatic carbocycles. The molecule has 160 valence electrons. The van der Waals surface area contributed by atoms with Crippen LogP contribution in [0.2, 0.25) is 0 Å². The van der Waals surface area contributed by atoms with E-state index in [1.807, 2.05) is 40.7 Å². The van der Waals surface area contributed by atoms with Gasteiger partial charge in [-0.05, 0) is 44.9 Å². The quantitative estimate of drug-likeness (QED) is 0.706. The lowest BCUT2D eigenvalue weighted by molar-refractivity contribution is -0.0908. The molecule has 2 aliphatic heterocycles. The van der Waals surface area contributed by atoms with Gasteiger partial charge >= 0.3 is 6.09 Å². The third kappa shape index (κ3) is 5.46. The number of fused-ring (bicyclic) bond motifs is 1. The lowest BCUT2D eigenvalue weighted by Crippen LogP contribution is -2.60. The average molecular weight is 406 g/mol. The molecule has 0 spiro atoms. The third-order valence-electron chi connectivity index (χ3n) is 5.06. The van der Waals surface area contributed by atoms with Crippen LogP contribution in [0, 0.1) is 24.1 Å². The number of hydrogen-bond acceptors (Lipinski definition) is 5. The fourth-order valence-corrected chi connectivity index (χ4v) is 3.65. The van der Waals surface area contributed by atoms with Crippen LogP contribution in [-0.4, -0.2) is 60.3 Å². The zero-order valence-corrected chi connectivity index (χ0v) is 18.3. The molecule has 6 nitrogen and oxygen atoms in total. The van der Waals surface area contributed by atoms with E-state index in [1.165, 1.54) is 6.07 Å². The van der Waals surface area contributed by atoms with E-state index in [1.54, 1.807) is 17.9 Å². The Morgan fingerprint density at radius 3 is 2.59 bits per heavy atom. The molecule has 3 rings (SSSR count). The van der Waals surface area contributed by atoms with E-state index in [-0.39, 0.29) is 23.8 Å². The van der Waals surface area contributed by atoms with Gasteiger partial charge in [0, 0.05) is 26.2 Å². The summed E-state index contributed by atoms with van der Waals surface area (Å²) in [5.41, 5.74) is 1.04. The van der Waals surface area contributed by atoms with Gasteiger partial charge in [0.2, 0.25) is 0 Å². The van der Waals surface area contributed by atoms with Crippen molar-refractivity contribution >= 4 is 6.09 Å². The molecule has 2 unspecified atom stereocenters. The molecule has 1 amide bonds. The van der Waals surface area contributed by atoms with Crippen LogP contribution in [0.15, 0.2) is 12.1 Å². The Hall–Kier alpha value is -2.17. The van der Waals surface area contributed by atoms with Crippen LogP contribution in [0.3, 0.4) is 0 Å². The van der Waals surface area contributed by atoms with Crippen LogP contribution >= 0.6 is 0 Å². The number of nitrogens with zero attached hydrogens (tertiary/aromatic N) is 3. The molecule has 0 bridgehead atoms. The fourth-order valence-electron chi connectivity index (χ4n) is 3.65. The topological polar surface area (TPSA) is 65.8 Å². The Morgan fingerprint density at radius 2 is 1.97 bits per heavy atom. The molecule has 0 N–H and O–H groups in total. The highest BCUT2D eigenvalue weighted by atomic mass is 19.1. The van der Waals surface area contributed by atoms with Crippen molar-refractivity contribution < 1.29 is 18.7 Å². The van der Waals surface area contributed by atoms with E-state index in [0.717, 1.165) is 12.1 Å². The first kappa shape index (κ1) is 23.1. The molecule has 7 heteroatoms. The predicted molar refractivity (Wildman–Crippen MR) is 109 cm³/mol. The Kier molecular flexibility index (Phi) is 7.61. The number of nitriles is 1. The summed E-state index contributed by atoms with van der Waals surface area (Å²) < 4.78 is 25.3. The summed E-state index contributed by atoms with van der Waals surface area (Å²) in [5.74, 6) is -0.501. The van der Waals surface area contributed by atoms with Crippen molar-refractivity contribution in [1.29, 1.82) is 5.26 Å². The van der Waals surface area contributed by atoms with E-state index < -0.39 is 11.4 Å². The Morgan fingerprint density at radius 1 is 1.28 bits per heavy atom. The fraction of sp³-hybridized carbons (Fsp3) is 0.636. The minimum atomic E-state index is -0.513. The maximum Gasteiger partial charge on any atom is 0.410 e. The molecule has 2 heterocycles. The molecule has 2 saturated heterocycles. The number of carbonyl (C=O) groups excluding carboxylic acids is 1. The number of amides is 1.